The van der Waals surface area contributed by atoms with Crippen LogP contribution in [-0.2, 0) is 0 Å². The molecule has 2 N–H and O–H groups in total. The smallest absolute Gasteiger partial charge is 0.0725 e. The molecule has 0 amide bonds. The summed E-state index contributed by atoms with van der Waals surface area (Å²) in [6, 6.07) is 0.538. The van der Waals surface area contributed by atoms with Crippen LogP contribution in [0.15, 0.2) is 12.4 Å². The number of nitrogens with one attached hydrogen (secondary N) is 2. The summed E-state index contributed by atoms with van der Waals surface area (Å²) in [4.78, 5) is 2.58. The average Bonchev–Trinajstić information content (AvgIpc) is 2.83. The standard InChI is InChI=1S/C13H24N4/c1-3-6-17-7-4-12(5-8-17)11(2)16-13-9-14-15-10-13/h9-12,16H,3-8H2,1-2H3,(H,14,15). The molecule has 1 fully saturated rings. The number of likely N-dealkylation sites (tertiary alicyclic amines) is 1. The maximum atomic E-state index is 3.96. The number of aromatic amines is 1. The predicted octanol–water partition coefficient (Wildman–Crippen LogP) is 2.33. The van der Waals surface area contributed by atoms with Crippen molar-refractivity contribution in [2.24, 2.45) is 5.92 Å². The van der Waals surface area contributed by atoms with E-state index in [1.807, 2.05) is 12.4 Å². The first-order chi connectivity index (χ1) is 8.29. The fourth-order valence-electron chi connectivity index (χ4n) is 2.70. The van der Waals surface area contributed by atoms with E-state index < -0.39 is 0 Å². The molecule has 4 nitrogen and oxygen atoms in total. The van der Waals surface area contributed by atoms with Gasteiger partial charge in [-0.05, 0) is 51.7 Å². The molecule has 2 rings (SSSR count). The first-order valence-corrected chi connectivity index (χ1v) is 6.77. The minimum atomic E-state index is 0.538. The summed E-state index contributed by atoms with van der Waals surface area (Å²) in [5.74, 6) is 0.790. The fourth-order valence-corrected chi connectivity index (χ4v) is 2.70. The molecule has 0 radical (unpaired) electrons. The second kappa shape index (κ2) is 6.05. The Morgan fingerprint density at radius 1 is 1.53 bits per heavy atom. The van der Waals surface area contributed by atoms with E-state index in [2.05, 4.69) is 34.3 Å². The molecule has 1 aliphatic rings. The summed E-state index contributed by atoms with van der Waals surface area (Å²) in [5.41, 5.74) is 1.11. The molecule has 0 spiro atoms. The van der Waals surface area contributed by atoms with Gasteiger partial charge in [0, 0.05) is 12.2 Å². The molecule has 17 heavy (non-hydrogen) atoms. The molecule has 1 aromatic heterocycles. The predicted molar refractivity (Wildman–Crippen MR) is 71.1 cm³/mol. The van der Waals surface area contributed by atoms with Crippen molar-refractivity contribution < 1.29 is 0 Å². The van der Waals surface area contributed by atoms with Gasteiger partial charge in [0.05, 0.1) is 11.9 Å². The third-order valence-electron chi connectivity index (χ3n) is 3.77. The molecule has 96 valence electrons. The lowest BCUT2D eigenvalue weighted by atomic mass is 9.90. The van der Waals surface area contributed by atoms with Gasteiger partial charge in [0.2, 0.25) is 0 Å². The molecule has 4 heteroatoms. The van der Waals surface area contributed by atoms with Gasteiger partial charge in [0.25, 0.3) is 0 Å². The zero-order chi connectivity index (χ0) is 12.1. The van der Waals surface area contributed by atoms with Gasteiger partial charge >= 0.3 is 0 Å². The lowest BCUT2D eigenvalue weighted by molar-refractivity contribution is 0.176. The Morgan fingerprint density at radius 2 is 2.29 bits per heavy atom. The maximum Gasteiger partial charge on any atom is 0.0725 e. The van der Waals surface area contributed by atoms with Crippen molar-refractivity contribution in [1.82, 2.24) is 15.1 Å². The van der Waals surface area contributed by atoms with Crippen LogP contribution in [0, 0.1) is 5.92 Å². The largest absolute Gasteiger partial charge is 0.380 e. The Balaban J connectivity index is 1.76. The molecule has 1 aromatic rings. The summed E-state index contributed by atoms with van der Waals surface area (Å²) in [6.45, 7) is 8.32. The van der Waals surface area contributed by atoms with Gasteiger partial charge in [-0.1, -0.05) is 6.92 Å². The molecule has 1 aliphatic heterocycles. The van der Waals surface area contributed by atoms with Crippen LogP contribution in [0.5, 0.6) is 0 Å². The number of nitrogens with zero attached hydrogens (tertiary/aromatic N) is 2. The van der Waals surface area contributed by atoms with Crippen molar-refractivity contribution in [3.8, 4) is 0 Å². The van der Waals surface area contributed by atoms with Crippen LogP contribution in [0.2, 0.25) is 0 Å². The summed E-state index contributed by atoms with van der Waals surface area (Å²) in [5, 5.41) is 10.3. The minimum Gasteiger partial charge on any atom is -0.380 e. The van der Waals surface area contributed by atoms with Crippen LogP contribution < -0.4 is 5.32 Å². The Morgan fingerprint density at radius 3 is 2.88 bits per heavy atom. The van der Waals surface area contributed by atoms with Crippen molar-refractivity contribution in [3.05, 3.63) is 12.4 Å². The van der Waals surface area contributed by atoms with Crippen molar-refractivity contribution in [2.75, 3.05) is 25.0 Å². The monoisotopic (exact) mass is 236 g/mol. The lowest BCUT2D eigenvalue weighted by Gasteiger charge is -2.35. The van der Waals surface area contributed by atoms with Gasteiger partial charge in [-0.3, -0.25) is 5.10 Å². The Hall–Kier alpha value is -1.03. The number of hydrogen-bond acceptors (Lipinski definition) is 3. The number of piperidine rings is 1. The molecule has 2 heterocycles. The number of anilines is 1. The molecule has 0 aromatic carbocycles. The van der Waals surface area contributed by atoms with Gasteiger partial charge in [-0.15, -0.1) is 0 Å². The molecule has 1 unspecified atom stereocenters. The summed E-state index contributed by atoms with van der Waals surface area (Å²) < 4.78 is 0. The van der Waals surface area contributed by atoms with Crippen LogP contribution >= 0.6 is 0 Å². The maximum absolute atomic E-state index is 3.96. The highest BCUT2D eigenvalue weighted by molar-refractivity contribution is 5.38. The highest BCUT2D eigenvalue weighted by Gasteiger charge is 2.23. The van der Waals surface area contributed by atoms with Crippen LogP contribution in [0.3, 0.4) is 0 Å². The average molecular weight is 236 g/mol. The van der Waals surface area contributed by atoms with Crippen LogP contribution in [0.25, 0.3) is 0 Å². The zero-order valence-corrected chi connectivity index (χ0v) is 10.9. The Bertz CT molecular complexity index is 301. The zero-order valence-electron chi connectivity index (χ0n) is 10.9. The molecule has 0 bridgehead atoms. The van der Waals surface area contributed by atoms with Gasteiger partial charge in [-0.2, -0.15) is 5.10 Å². The summed E-state index contributed by atoms with van der Waals surface area (Å²) >= 11 is 0. The van der Waals surface area contributed by atoms with E-state index in [4.69, 9.17) is 0 Å². The fraction of sp³-hybridized carbons (Fsp3) is 0.769. The first-order valence-electron chi connectivity index (χ1n) is 6.77. The van der Waals surface area contributed by atoms with Crippen LogP contribution in [0.4, 0.5) is 5.69 Å². The van der Waals surface area contributed by atoms with Crippen LogP contribution in [0.1, 0.15) is 33.1 Å². The van der Waals surface area contributed by atoms with E-state index in [0.717, 1.165) is 11.6 Å². The quantitative estimate of drug-likeness (QED) is 0.824. The van der Waals surface area contributed by atoms with E-state index in [9.17, 15) is 0 Å². The molecular formula is C13H24N4. The normalized spacial score (nSPS) is 20.4. The molecule has 0 saturated carbocycles. The molecule has 1 atom stereocenters. The van der Waals surface area contributed by atoms with E-state index in [-0.39, 0.29) is 0 Å². The Kier molecular flexibility index (Phi) is 4.42. The minimum absolute atomic E-state index is 0.538. The second-order valence-electron chi connectivity index (χ2n) is 5.10. The molecular weight excluding hydrogens is 212 g/mol. The number of H-pyrrole nitrogens is 1. The lowest BCUT2D eigenvalue weighted by Crippen LogP contribution is -2.39. The highest BCUT2D eigenvalue weighted by atomic mass is 15.1. The SMILES string of the molecule is CCCN1CCC(C(C)Nc2cn[nH]c2)CC1. The van der Waals surface area contributed by atoms with Gasteiger partial charge < -0.3 is 10.2 Å². The third kappa shape index (κ3) is 3.46. The Labute approximate surface area is 104 Å². The number of aromatic nitrogens is 2. The molecule has 0 aliphatic carbocycles. The van der Waals surface area contributed by atoms with Crippen molar-refractivity contribution in [2.45, 2.75) is 39.2 Å². The van der Waals surface area contributed by atoms with E-state index in [1.54, 1.807) is 0 Å². The van der Waals surface area contributed by atoms with Crippen molar-refractivity contribution in [3.63, 3.8) is 0 Å². The summed E-state index contributed by atoms with van der Waals surface area (Å²) in [7, 11) is 0. The molecule has 1 saturated heterocycles. The van der Waals surface area contributed by atoms with Gasteiger partial charge in [0.1, 0.15) is 0 Å². The van der Waals surface area contributed by atoms with Gasteiger partial charge in [0.15, 0.2) is 0 Å². The van der Waals surface area contributed by atoms with Crippen LogP contribution in [-0.4, -0.2) is 40.8 Å². The highest BCUT2D eigenvalue weighted by Crippen LogP contribution is 2.22. The van der Waals surface area contributed by atoms with Crippen molar-refractivity contribution in [1.29, 1.82) is 0 Å². The van der Waals surface area contributed by atoms with E-state index >= 15 is 0 Å². The summed E-state index contributed by atoms with van der Waals surface area (Å²) in [6.07, 6.45) is 7.66. The second-order valence-corrected chi connectivity index (χ2v) is 5.10. The number of rotatable bonds is 5. The van der Waals surface area contributed by atoms with Crippen molar-refractivity contribution >= 4 is 5.69 Å². The first kappa shape index (κ1) is 12.4. The topological polar surface area (TPSA) is 44.0 Å². The van der Waals surface area contributed by atoms with E-state index in [0.29, 0.717) is 6.04 Å². The van der Waals surface area contributed by atoms with Gasteiger partial charge in [-0.25, -0.2) is 0 Å². The number of hydrogen-bond donors (Lipinski definition) is 2. The van der Waals surface area contributed by atoms with E-state index in [1.165, 1.54) is 38.9 Å². The third-order valence-corrected chi connectivity index (χ3v) is 3.77.